The molecule has 1 radical (unpaired) electrons. The summed E-state index contributed by atoms with van der Waals surface area (Å²) in [7, 11) is 0. The first-order chi connectivity index (χ1) is 3.79. The normalized spacial score (nSPS) is 39.8. The highest BCUT2D eigenvalue weighted by molar-refractivity contribution is 9.09. The second-order valence-electron chi connectivity index (χ2n) is 1.82. The summed E-state index contributed by atoms with van der Waals surface area (Å²) in [4.78, 5) is 0.197. The molecular formula is C5H7BrFO. The average molecular weight is 182 g/mol. The monoisotopic (exact) mass is 181 g/mol. The summed E-state index contributed by atoms with van der Waals surface area (Å²) in [5, 5.41) is 0. The molecule has 47 valence electrons. The first-order valence-electron chi connectivity index (χ1n) is 2.52. The van der Waals surface area contributed by atoms with Crippen LogP contribution >= 0.6 is 15.9 Å². The Labute approximate surface area is 56.3 Å². The van der Waals surface area contributed by atoms with Gasteiger partial charge in [0, 0.05) is 4.83 Å². The van der Waals surface area contributed by atoms with Crippen molar-refractivity contribution in [3.8, 4) is 0 Å². The SMILES string of the molecule is FC1[CH]OCC(Br)C1. The molecule has 1 aliphatic rings. The number of halogens is 2. The van der Waals surface area contributed by atoms with Gasteiger partial charge >= 0.3 is 0 Å². The quantitative estimate of drug-likeness (QED) is 0.517. The van der Waals surface area contributed by atoms with Gasteiger partial charge in [0.05, 0.1) is 6.61 Å². The van der Waals surface area contributed by atoms with Crippen LogP contribution in [0.3, 0.4) is 0 Å². The van der Waals surface area contributed by atoms with Gasteiger partial charge in [-0.25, -0.2) is 4.39 Å². The van der Waals surface area contributed by atoms with E-state index in [1.54, 1.807) is 0 Å². The molecule has 1 aliphatic heterocycles. The molecule has 1 rings (SSSR count). The lowest BCUT2D eigenvalue weighted by Crippen LogP contribution is -2.22. The molecule has 0 aromatic rings. The summed E-state index contributed by atoms with van der Waals surface area (Å²) < 4.78 is 17.0. The number of hydrogen-bond donors (Lipinski definition) is 0. The van der Waals surface area contributed by atoms with Crippen molar-refractivity contribution >= 4 is 15.9 Å². The minimum absolute atomic E-state index is 0.197. The summed E-state index contributed by atoms with van der Waals surface area (Å²) in [6.45, 7) is 1.85. The van der Waals surface area contributed by atoms with E-state index in [9.17, 15) is 4.39 Å². The van der Waals surface area contributed by atoms with Gasteiger partial charge in [0.25, 0.3) is 0 Å². The van der Waals surface area contributed by atoms with E-state index in [1.165, 1.54) is 6.61 Å². The van der Waals surface area contributed by atoms with Crippen LogP contribution in [0.5, 0.6) is 0 Å². The molecule has 0 aromatic carbocycles. The summed E-state index contributed by atoms with van der Waals surface area (Å²) >= 11 is 3.24. The van der Waals surface area contributed by atoms with Gasteiger partial charge in [-0.05, 0) is 6.42 Å². The van der Waals surface area contributed by atoms with Crippen LogP contribution in [-0.2, 0) is 4.74 Å². The molecule has 1 saturated heterocycles. The topological polar surface area (TPSA) is 9.23 Å². The average Bonchev–Trinajstić information content (AvgIpc) is 1.64. The standard InChI is InChI=1S/C5H7BrFO/c6-4-1-5(7)3-8-2-4/h3-5H,1-2H2. The van der Waals surface area contributed by atoms with Gasteiger partial charge in [0.15, 0.2) is 0 Å². The summed E-state index contributed by atoms with van der Waals surface area (Å²) in [6.07, 6.45) is -0.340. The molecule has 1 nitrogen and oxygen atoms in total. The molecule has 1 heterocycles. The number of rotatable bonds is 0. The van der Waals surface area contributed by atoms with Crippen LogP contribution < -0.4 is 0 Å². The highest BCUT2D eigenvalue weighted by atomic mass is 79.9. The van der Waals surface area contributed by atoms with Gasteiger partial charge in [0.2, 0.25) is 0 Å². The van der Waals surface area contributed by atoms with E-state index in [0.29, 0.717) is 13.0 Å². The Morgan fingerprint density at radius 1 is 1.75 bits per heavy atom. The van der Waals surface area contributed by atoms with Crippen molar-refractivity contribution in [2.45, 2.75) is 17.4 Å². The van der Waals surface area contributed by atoms with Crippen molar-refractivity contribution in [3.05, 3.63) is 6.61 Å². The molecule has 0 aliphatic carbocycles. The molecule has 0 bridgehead atoms. The van der Waals surface area contributed by atoms with Gasteiger partial charge in [0.1, 0.15) is 12.8 Å². The number of hydrogen-bond acceptors (Lipinski definition) is 1. The molecule has 1 fully saturated rings. The predicted octanol–water partition coefficient (Wildman–Crippen LogP) is 1.67. The first kappa shape index (κ1) is 6.49. The van der Waals surface area contributed by atoms with E-state index in [4.69, 9.17) is 4.74 Å². The van der Waals surface area contributed by atoms with Gasteiger partial charge in [-0.1, -0.05) is 15.9 Å². The van der Waals surface area contributed by atoms with Crippen molar-refractivity contribution < 1.29 is 9.13 Å². The molecule has 8 heavy (non-hydrogen) atoms. The van der Waals surface area contributed by atoms with E-state index in [0.717, 1.165) is 0 Å². The van der Waals surface area contributed by atoms with Gasteiger partial charge in [-0.3, -0.25) is 0 Å². The fourth-order valence-corrected chi connectivity index (χ4v) is 1.14. The van der Waals surface area contributed by atoms with Crippen LogP contribution in [0.2, 0.25) is 0 Å². The van der Waals surface area contributed by atoms with Crippen LogP contribution in [0.1, 0.15) is 6.42 Å². The fraction of sp³-hybridized carbons (Fsp3) is 0.800. The number of ether oxygens (including phenoxy) is 1. The molecule has 0 N–H and O–H groups in total. The maximum Gasteiger partial charge on any atom is 0.130 e. The third-order valence-electron chi connectivity index (χ3n) is 1.00. The van der Waals surface area contributed by atoms with Crippen molar-refractivity contribution in [1.82, 2.24) is 0 Å². The van der Waals surface area contributed by atoms with E-state index < -0.39 is 6.17 Å². The zero-order chi connectivity index (χ0) is 5.98. The zero-order valence-electron chi connectivity index (χ0n) is 4.31. The molecular weight excluding hydrogens is 175 g/mol. The lowest BCUT2D eigenvalue weighted by Gasteiger charge is -2.18. The zero-order valence-corrected chi connectivity index (χ0v) is 5.90. The van der Waals surface area contributed by atoms with Crippen molar-refractivity contribution in [3.63, 3.8) is 0 Å². The van der Waals surface area contributed by atoms with Crippen LogP contribution in [0.4, 0.5) is 4.39 Å². The van der Waals surface area contributed by atoms with Crippen LogP contribution in [-0.4, -0.2) is 17.6 Å². The largest absolute Gasteiger partial charge is 0.371 e. The highest BCUT2D eigenvalue weighted by Gasteiger charge is 2.19. The second kappa shape index (κ2) is 2.78. The second-order valence-corrected chi connectivity index (χ2v) is 3.11. The first-order valence-corrected chi connectivity index (χ1v) is 3.43. The summed E-state index contributed by atoms with van der Waals surface area (Å²) in [5.74, 6) is 0. The minimum atomic E-state index is -0.881. The van der Waals surface area contributed by atoms with Crippen molar-refractivity contribution in [2.75, 3.05) is 6.61 Å². The fourth-order valence-electron chi connectivity index (χ4n) is 0.632. The van der Waals surface area contributed by atoms with E-state index in [1.807, 2.05) is 0 Å². The molecule has 2 unspecified atom stereocenters. The van der Waals surface area contributed by atoms with Gasteiger partial charge < -0.3 is 4.74 Å². The number of alkyl halides is 2. The molecule has 0 amide bonds. The van der Waals surface area contributed by atoms with E-state index in [2.05, 4.69) is 15.9 Å². The van der Waals surface area contributed by atoms with Crippen molar-refractivity contribution in [2.24, 2.45) is 0 Å². The van der Waals surface area contributed by atoms with Gasteiger partial charge in [-0.2, -0.15) is 0 Å². The third-order valence-corrected chi connectivity index (χ3v) is 1.64. The van der Waals surface area contributed by atoms with E-state index >= 15 is 0 Å². The lowest BCUT2D eigenvalue weighted by molar-refractivity contribution is 0.100. The Morgan fingerprint density at radius 3 is 2.88 bits per heavy atom. The lowest BCUT2D eigenvalue weighted by atomic mass is 10.2. The predicted molar refractivity (Wildman–Crippen MR) is 32.5 cm³/mol. The highest BCUT2D eigenvalue weighted by Crippen LogP contribution is 2.19. The molecule has 2 atom stereocenters. The van der Waals surface area contributed by atoms with Crippen LogP contribution in [0.25, 0.3) is 0 Å². The Bertz CT molecular complexity index is 70.8. The van der Waals surface area contributed by atoms with E-state index in [-0.39, 0.29) is 4.83 Å². The van der Waals surface area contributed by atoms with Crippen LogP contribution in [0, 0.1) is 6.61 Å². The molecule has 0 aromatic heterocycles. The molecule has 3 heteroatoms. The molecule has 0 saturated carbocycles. The Hall–Kier alpha value is 0.370. The van der Waals surface area contributed by atoms with Crippen molar-refractivity contribution in [1.29, 1.82) is 0 Å². The third kappa shape index (κ3) is 1.71. The Kier molecular flexibility index (Phi) is 2.26. The molecule has 0 spiro atoms. The van der Waals surface area contributed by atoms with Crippen LogP contribution in [0.15, 0.2) is 0 Å². The Balaban J connectivity index is 2.23. The Morgan fingerprint density at radius 2 is 2.50 bits per heavy atom. The maximum absolute atomic E-state index is 12.2. The summed E-state index contributed by atoms with van der Waals surface area (Å²) in [5.41, 5.74) is 0. The van der Waals surface area contributed by atoms with Gasteiger partial charge in [-0.15, -0.1) is 0 Å². The smallest absolute Gasteiger partial charge is 0.130 e. The minimum Gasteiger partial charge on any atom is -0.371 e. The maximum atomic E-state index is 12.2. The summed E-state index contributed by atoms with van der Waals surface area (Å²) in [6, 6.07) is 0.